The van der Waals surface area contributed by atoms with Gasteiger partial charge in [0.2, 0.25) is 24.6 Å². The number of alkyl halides is 6. The van der Waals surface area contributed by atoms with Crippen LogP contribution in [-0.4, -0.2) is 56.1 Å². The fourth-order valence-electron chi connectivity index (χ4n) is 5.38. The van der Waals surface area contributed by atoms with Crippen molar-refractivity contribution in [2.45, 2.75) is 52.3 Å². The average molecular weight is 785 g/mol. The predicted molar refractivity (Wildman–Crippen MR) is 183 cm³/mol. The van der Waals surface area contributed by atoms with Crippen molar-refractivity contribution in [2.75, 3.05) is 0 Å². The number of hydrogen-bond donors (Lipinski definition) is 0. The van der Waals surface area contributed by atoms with E-state index in [1.54, 1.807) is 27.7 Å². The Labute approximate surface area is 312 Å². The minimum atomic E-state index is -4.81. The molecule has 6 rings (SSSR count). The van der Waals surface area contributed by atoms with Crippen LogP contribution in [0.1, 0.15) is 73.9 Å². The summed E-state index contributed by atoms with van der Waals surface area (Å²) in [4.78, 5) is 21.7. The van der Waals surface area contributed by atoms with Crippen LogP contribution in [0.3, 0.4) is 0 Å². The standard InChI is InChI=1S/C35H30F6N10O5/c1-19(2)29(21-9-23(13-25(11-21)34(36,37)38)31-42-15-50(48-31)7-5-27-46-44-17-53-27)55-33(52)56-30(20(3)4)22-10-24(14-26(12-22)35(39,40)41)32-43-16-51(49-32)8-6-28-47-45-18-54-28/h5-20,29-30H,1-4H3/b7-5+,8-6+. The fraction of sp³-hybridized carbons (Fsp3) is 0.286. The Morgan fingerprint density at radius 2 is 1.07 bits per heavy atom. The van der Waals surface area contributed by atoms with Crippen LogP contribution >= 0.6 is 0 Å². The third kappa shape index (κ3) is 9.51. The van der Waals surface area contributed by atoms with Crippen molar-refractivity contribution in [2.24, 2.45) is 11.8 Å². The average Bonchev–Trinajstić information content (AvgIpc) is 3.98. The molecule has 2 atom stereocenters. The third-order valence-electron chi connectivity index (χ3n) is 7.91. The van der Waals surface area contributed by atoms with Crippen molar-refractivity contribution in [3.8, 4) is 22.8 Å². The van der Waals surface area contributed by atoms with Crippen molar-refractivity contribution >= 4 is 30.7 Å². The lowest BCUT2D eigenvalue weighted by molar-refractivity contribution is -0.138. The maximum Gasteiger partial charge on any atom is 0.509 e. The summed E-state index contributed by atoms with van der Waals surface area (Å²) in [6.45, 7) is 6.43. The highest BCUT2D eigenvalue weighted by Crippen LogP contribution is 2.39. The number of halogens is 6. The molecule has 0 aliphatic heterocycles. The van der Waals surface area contributed by atoms with E-state index < -0.39 is 53.7 Å². The van der Waals surface area contributed by atoms with Crippen LogP contribution in [-0.2, 0) is 21.8 Å². The Bertz CT molecular complexity index is 2150. The van der Waals surface area contributed by atoms with Gasteiger partial charge in [0, 0.05) is 35.7 Å². The smallest absolute Gasteiger partial charge is 0.426 e. The first-order valence-corrected chi connectivity index (χ1v) is 16.6. The Morgan fingerprint density at radius 1 is 0.661 bits per heavy atom. The van der Waals surface area contributed by atoms with Gasteiger partial charge in [-0.15, -0.1) is 30.6 Å². The first-order chi connectivity index (χ1) is 26.5. The van der Waals surface area contributed by atoms with Crippen LogP contribution in [0.2, 0.25) is 0 Å². The van der Waals surface area contributed by atoms with Crippen LogP contribution < -0.4 is 0 Å². The lowest BCUT2D eigenvalue weighted by Gasteiger charge is -2.27. The monoisotopic (exact) mass is 784 g/mol. The van der Waals surface area contributed by atoms with Gasteiger partial charge >= 0.3 is 18.5 Å². The molecule has 4 heterocycles. The quantitative estimate of drug-likeness (QED) is 0.0854. The molecule has 0 fully saturated rings. The highest BCUT2D eigenvalue weighted by molar-refractivity contribution is 5.64. The van der Waals surface area contributed by atoms with Crippen LogP contribution in [0.15, 0.2) is 70.7 Å². The SMILES string of the molecule is CC(C)C(OC(=O)OC(c1cc(-c2ncn(/C=C/c3nnco3)n2)cc(C(F)(F)F)c1)C(C)C)c1cc(-c2ncn(/C=C/c3nnco3)n2)cc(C(F)(F)F)c1. The number of aromatic nitrogens is 10. The molecule has 21 heteroatoms. The number of carbonyl (C=O) groups excluding carboxylic acids is 1. The molecule has 0 radical (unpaired) electrons. The van der Waals surface area contributed by atoms with E-state index in [-0.39, 0.29) is 45.7 Å². The largest absolute Gasteiger partial charge is 0.509 e. The Balaban J connectivity index is 1.27. The molecule has 2 aromatic carbocycles. The zero-order chi connectivity index (χ0) is 40.2. The second-order valence-electron chi connectivity index (χ2n) is 12.8. The maximum atomic E-state index is 14.2. The Hall–Kier alpha value is -6.67. The molecular formula is C35H30F6N10O5. The van der Waals surface area contributed by atoms with Crippen LogP contribution in [0.4, 0.5) is 31.1 Å². The molecule has 292 valence electrons. The minimum Gasteiger partial charge on any atom is -0.426 e. The molecule has 6 aromatic rings. The fourth-order valence-corrected chi connectivity index (χ4v) is 5.38. The van der Waals surface area contributed by atoms with Crippen LogP contribution in [0.5, 0.6) is 0 Å². The van der Waals surface area contributed by atoms with Gasteiger partial charge in [0.15, 0.2) is 11.6 Å². The van der Waals surface area contributed by atoms with E-state index in [2.05, 4.69) is 40.6 Å². The summed E-state index contributed by atoms with van der Waals surface area (Å²) in [5.74, 6) is -1.07. The van der Waals surface area contributed by atoms with Gasteiger partial charge in [0.1, 0.15) is 24.9 Å². The van der Waals surface area contributed by atoms with Gasteiger partial charge in [0.25, 0.3) is 0 Å². The highest BCUT2D eigenvalue weighted by Gasteiger charge is 2.36. The number of benzene rings is 2. The van der Waals surface area contributed by atoms with Crippen LogP contribution in [0, 0.1) is 11.8 Å². The molecule has 56 heavy (non-hydrogen) atoms. The second-order valence-corrected chi connectivity index (χ2v) is 12.8. The third-order valence-corrected chi connectivity index (χ3v) is 7.91. The van der Waals surface area contributed by atoms with Gasteiger partial charge in [-0.3, -0.25) is 0 Å². The first-order valence-electron chi connectivity index (χ1n) is 16.6. The normalized spacial score (nSPS) is 13.6. The van der Waals surface area contributed by atoms with E-state index in [1.165, 1.54) is 58.7 Å². The molecule has 0 aliphatic carbocycles. The van der Waals surface area contributed by atoms with Crippen molar-refractivity contribution in [3.63, 3.8) is 0 Å². The van der Waals surface area contributed by atoms with E-state index in [0.717, 1.165) is 37.1 Å². The van der Waals surface area contributed by atoms with Gasteiger partial charge in [-0.1, -0.05) is 27.7 Å². The molecule has 0 aliphatic rings. The van der Waals surface area contributed by atoms with E-state index >= 15 is 0 Å². The maximum absolute atomic E-state index is 14.2. The summed E-state index contributed by atoms with van der Waals surface area (Å²) < 4.78 is 109. The summed E-state index contributed by atoms with van der Waals surface area (Å²) in [5.41, 5.74) is -2.33. The topological polar surface area (TPSA) is 175 Å². The number of rotatable bonds is 12. The van der Waals surface area contributed by atoms with E-state index in [9.17, 15) is 31.1 Å². The Kier molecular flexibility index (Phi) is 11.1. The number of ether oxygens (including phenoxy) is 2. The lowest BCUT2D eigenvalue weighted by atomic mass is 9.94. The summed E-state index contributed by atoms with van der Waals surface area (Å²) in [6, 6.07) is 6.05. The Morgan fingerprint density at radius 3 is 1.41 bits per heavy atom. The number of carbonyl (C=O) groups is 1. The first kappa shape index (κ1) is 39.0. The molecule has 2 unspecified atom stereocenters. The van der Waals surface area contributed by atoms with E-state index in [0.29, 0.717) is 0 Å². The zero-order valence-electron chi connectivity index (χ0n) is 29.7. The summed E-state index contributed by atoms with van der Waals surface area (Å²) in [7, 11) is 0. The second kappa shape index (κ2) is 16.0. The van der Waals surface area contributed by atoms with Gasteiger partial charge in [-0.25, -0.2) is 24.1 Å². The molecule has 0 saturated heterocycles. The van der Waals surface area contributed by atoms with Crippen molar-refractivity contribution in [1.82, 2.24) is 49.9 Å². The molecule has 0 amide bonds. The highest BCUT2D eigenvalue weighted by atomic mass is 19.4. The summed E-state index contributed by atoms with van der Waals surface area (Å²) in [5, 5.41) is 22.9. The lowest BCUT2D eigenvalue weighted by Crippen LogP contribution is -2.22. The molecule has 4 aromatic heterocycles. The van der Waals surface area contributed by atoms with E-state index in [1.807, 2.05) is 0 Å². The van der Waals surface area contributed by atoms with Gasteiger partial charge < -0.3 is 18.3 Å². The molecule has 15 nitrogen and oxygen atoms in total. The number of hydrogen-bond acceptors (Lipinski definition) is 13. The van der Waals surface area contributed by atoms with Gasteiger partial charge in [-0.05, 0) is 59.4 Å². The molecule has 0 saturated carbocycles. The van der Waals surface area contributed by atoms with Crippen molar-refractivity contribution in [3.05, 3.63) is 95.9 Å². The molecule has 0 spiro atoms. The molecule has 0 bridgehead atoms. The zero-order valence-corrected chi connectivity index (χ0v) is 29.7. The minimum absolute atomic E-state index is 0.0416. The van der Waals surface area contributed by atoms with Crippen molar-refractivity contribution < 1.29 is 49.4 Å². The number of nitrogens with zero attached hydrogens (tertiary/aromatic N) is 10. The molecule has 0 N–H and O–H groups in total. The van der Waals surface area contributed by atoms with Gasteiger partial charge in [-0.2, -0.15) is 26.3 Å². The van der Waals surface area contributed by atoms with E-state index in [4.69, 9.17) is 18.3 Å². The predicted octanol–water partition coefficient (Wildman–Crippen LogP) is 8.51. The summed E-state index contributed by atoms with van der Waals surface area (Å²) >= 11 is 0. The van der Waals surface area contributed by atoms with Crippen molar-refractivity contribution in [1.29, 1.82) is 0 Å². The summed E-state index contributed by atoms with van der Waals surface area (Å²) in [6.07, 6.45) is -3.24. The van der Waals surface area contributed by atoms with Gasteiger partial charge in [0.05, 0.1) is 11.1 Å². The van der Waals surface area contributed by atoms with Crippen LogP contribution in [0.25, 0.3) is 47.3 Å². The molecular weight excluding hydrogens is 754 g/mol.